The molecule has 2 rings (SSSR count). The lowest BCUT2D eigenvalue weighted by atomic mass is 10.1. The number of urea groups is 1. The third-order valence-corrected chi connectivity index (χ3v) is 3.83. The summed E-state index contributed by atoms with van der Waals surface area (Å²) in [5, 5.41) is -0.437. The highest BCUT2D eigenvalue weighted by molar-refractivity contribution is 6.04. The van der Waals surface area contributed by atoms with E-state index in [1.54, 1.807) is 0 Å². The van der Waals surface area contributed by atoms with E-state index in [4.69, 9.17) is 0 Å². The lowest BCUT2D eigenvalue weighted by Gasteiger charge is -2.31. The number of nitrogens with zero attached hydrogens (tertiary/aromatic N) is 3. The summed E-state index contributed by atoms with van der Waals surface area (Å²) in [7, 11) is 0. The molecule has 1 heterocycles. The van der Waals surface area contributed by atoms with Gasteiger partial charge in [0.2, 0.25) is 5.91 Å². The van der Waals surface area contributed by atoms with Gasteiger partial charge in [-0.1, -0.05) is 16.6 Å². The highest BCUT2D eigenvalue weighted by Gasteiger charge is 2.44. The summed E-state index contributed by atoms with van der Waals surface area (Å²) in [6.45, 7) is -1.73. The van der Waals surface area contributed by atoms with Crippen molar-refractivity contribution in [2.45, 2.75) is 25.7 Å². The molecule has 0 spiro atoms. The van der Waals surface area contributed by atoms with E-state index in [-0.39, 0.29) is 10.5 Å². The fourth-order valence-corrected chi connectivity index (χ4v) is 2.30. The molecule has 1 aliphatic rings. The first-order valence-electron chi connectivity index (χ1n) is 7.39. The van der Waals surface area contributed by atoms with Crippen molar-refractivity contribution in [2.24, 2.45) is 0 Å². The quantitative estimate of drug-likeness (QED) is 0.448. The van der Waals surface area contributed by atoms with Crippen molar-refractivity contribution in [3.8, 4) is 0 Å². The van der Waals surface area contributed by atoms with Crippen molar-refractivity contribution < 1.29 is 36.4 Å². The van der Waals surface area contributed by atoms with Gasteiger partial charge in [0.1, 0.15) is 24.9 Å². The lowest BCUT2D eigenvalue weighted by molar-refractivity contribution is -0.187. The number of halogens is 5. The number of hydrogen-bond donors (Lipinski definition) is 0. The van der Waals surface area contributed by atoms with Crippen molar-refractivity contribution in [3.63, 3.8) is 0 Å². The second-order valence-electron chi connectivity index (χ2n) is 5.65. The third kappa shape index (κ3) is 4.27. The Bertz CT molecular complexity index is 707. The number of rotatable bonds is 5. The third-order valence-electron chi connectivity index (χ3n) is 3.83. The summed E-state index contributed by atoms with van der Waals surface area (Å²) >= 11 is 0. The Labute approximate surface area is 144 Å². The molecule has 0 N–H and O–H groups in total. The fourth-order valence-electron chi connectivity index (χ4n) is 2.30. The second-order valence-corrected chi connectivity index (χ2v) is 5.65. The van der Waals surface area contributed by atoms with Crippen LogP contribution in [0.25, 0.3) is 0 Å². The van der Waals surface area contributed by atoms with E-state index in [2.05, 4.69) is 0 Å². The van der Waals surface area contributed by atoms with Crippen LogP contribution in [0.5, 0.6) is 0 Å². The average molecular weight is 379 g/mol. The maximum absolute atomic E-state index is 13.1. The van der Waals surface area contributed by atoms with Crippen LogP contribution >= 0.6 is 0 Å². The molecule has 1 fully saturated rings. The van der Waals surface area contributed by atoms with Crippen LogP contribution in [0, 0.1) is 5.82 Å². The first kappa shape index (κ1) is 19.6. The van der Waals surface area contributed by atoms with Crippen LogP contribution in [0.2, 0.25) is 0 Å². The largest absolute Gasteiger partial charge is 0.408 e. The van der Waals surface area contributed by atoms with E-state index in [0.29, 0.717) is 4.90 Å². The topological polar surface area (TPSA) is 60.9 Å². The zero-order valence-corrected chi connectivity index (χ0v) is 13.5. The van der Waals surface area contributed by atoms with Gasteiger partial charge >= 0.3 is 12.2 Å². The van der Waals surface area contributed by atoms with Gasteiger partial charge in [-0.2, -0.15) is 13.2 Å². The minimum atomic E-state index is -4.78. The maximum atomic E-state index is 13.1. The smallest absolute Gasteiger partial charge is 0.325 e. The molecular weight excluding hydrogens is 365 g/mol. The highest BCUT2D eigenvalue weighted by atomic mass is 19.4. The predicted octanol–water partition coefficient (Wildman–Crippen LogP) is 2.25. The summed E-state index contributed by atoms with van der Waals surface area (Å²) < 4.78 is 65.3. The van der Waals surface area contributed by atoms with Gasteiger partial charge in [-0.3, -0.25) is 14.5 Å². The Morgan fingerprint density at radius 3 is 2.27 bits per heavy atom. The first-order valence-corrected chi connectivity index (χ1v) is 7.39. The van der Waals surface area contributed by atoms with Crippen molar-refractivity contribution in [1.82, 2.24) is 14.9 Å². The van der Waals surface area contributed by atoms with Gasteiger partial charge in [-0.15, -0.1) is 5.12 Å². The van der Waals surface area contributed by atoms with Crippen LogP contribution in [0.1, 0.15) is 12.5 Å². The summed E-state index contributed by atoms with van der Waals surface area (Å²) in [5.41, 5.74) is 0.210. The molecule has 1 aliphatic heterocycles. The van der Waals surface area contributed by atoms with Gasteiger partial charge < -0.3 is 4.90 Å². The number of carbonyl (C=O) groups is 3. The zero-order chi connectivity index (χ0) is 19.6. The van der Waals surface area contributed by atoms with Crippen molar-refractivity contribution in [1.29, 1.82) is 0 Å². The summed E-state index contributed by atoms with van der Waals surface area (Å²) in [6, 6.07) is 0.789. The van der Waals surface area contributed by atoms with Gasteiger partial charge in [0.05, 0.1) is 0 Å². The van der Waals surface area contributed by atoms with Crippen LogP contribution in [0.15, 0.2) is 24.3 Å². The number of amides is 4. The van der Waals surface area contributed by atoms with Crippen LogP contribution in [0.3, 0.4) is 0 Å². The fraction of sp³-hybridized carbons (Fsp3) is 0.400. The van der Waals surface area contributed by atoms with Crippen molar-refractivity contribution in [2.75, 3.05) is 13.1 Å². The molecular formula is C15H14F5N3O3. The normalized spacial score (nSPS) is 16.2. The molecule has 1 aromatic rings. The summed E-state index contributed by atoms with van der Waals surface area (Å²) in [6.07, 6.45) is -4.78. The Hall–Kier alpha value is -2.72. The molecule has 1 aromatic carbocycles. The van der Waals surface area contributed by atoms with Gasteiger partial charge in [-0.05, 0) is 24.6 Å². The van der Waals surface area contributed by atoms with Crippen LogP contribution < -0.4 is 0 Å². The van der Waals surface area contributed by atoms with Crippen LogP contribution in [-0.4, -0.2) is 58.1 Å². The monoisotopic (exact) mass is 379 g/mol. The summed E-state index contributed by atoms with van der Waals surface area (Å²) in [4.78, 5) is 35.9. The van der Waals surface area contributed by atoms with E-state index < -0.39 is 60.6 Å². The molecule has 1 atom stereocenters. The molecule has 6 nitrogen and oxygen atoms in total. The molecule has 0 bridgehead atoms. The Morgan fingerprint density at radius 1 is 1.23 bits per heavy atom. The number of alkyl halides is 3. The number of carbonyl (C=O) groups excluding carboxylic acids is 3. The van der Waals surface area contributed by atoms with Crippen molar-refractivity contribution >= 4 is 17.8 Å². The molecule has 26 heavy (non-hydrogen) atoms. The Kier molecular flexibility index (Phi) is 5.47. The number of imide groups is 1. The van der Waals surface area contributed by atoms with Gasteiger partial charge in [0.25, 0.3) is 5.91 Å². The van der Waals surface area contributed by atoms with Gasteiger partial charge in [-0.25, -0.2) is 9.18 Å². The van der Waals surface area contributed by atoms with Gasteiger partial charge in [0.15, 0.2) is 0 Å². The molecule has 0 aliphatic carbocycles. The van der Waals surface area contributed by atoms with E-state index in [1.165, 1.54) is 12.1 Å². The van der Waals surface area contributed by atoms with Crippen LogP contribution in [0.4, 0.5) is 26.8 Å². The zero-order valence-electron chi connectivity index (χ0n) is 13.5. The molecule has 4 amide bonds. The predicted molar refractivity (Wildman–Crippen MR) is 77.4 cm³/mol. The standard InChI is InChI=1S/C15H14F5N3O3/c1-9(15(17,18)19)21(6-10-2-4-11(16)5-3-10)12(24)7-22-13(25)8-23(20)14(22)26/h2-5,9H,6-8H2,1H3/t9-/m0/s1. The molecule has 1 saturated heterocycles. The lowest BCUT2D eigenvalue weighted by Crippen LogP contribution is -2.50. The molecule has 0 unspecified atom stereocenters. The van der Waals surface area contributed by atoms with Crippen LogP contribution in [-0.2, 0) is 16.1 Å². The second kappa shape index (κ2) is 7.26. The van der Waals surface area contributed by atoms with E-state index >= 15 is 0 Å². The van der Waals surface area contributed by atoms with E-state index in [1.807, 2.05) is 0 Å². The molecule has 142 valence electrons. The number of benzene rings is 1. The van der Waals surface area contributed by atoms with Crippen molar-refractivity contribution in [3.05, 3.63) is 35.6 Å². The molecule has 11 heteroatoms. The Morgan fingerprint density at radius 2 is 1.81 bits per heavy atom. The minimum absolute atomic E-state index is 0.210. The maximum Gasteiger partial charge on any atom is 0.408 e. The first-order chi connectivity index (χ1) is 12.0. The van der Waals surface area contributed by atoms with Gasteiger partial charge in [0, 0.05) is 6.54 Å². The number of hydrogen-bond acceptors (Lipinski definition) is 3. The average Bonchev–Trinajstić information content (AvgIpc) is 2.79. The highest BCUT2D eigenvalue weighted by Crippen LogP contribution is 2.26. The molecule has 0 saturated carbocycles. The molecule has 0 aromatic heterocycles. The van der Waals surface area contributed by atoms with E-state index in [0.717, 1.165) is 19.1 Å². The Balaban J connectivity index is 2.22. The minimum Gasteiger partial charge on any atom is -0.325 e. The van der Waals surface area contributed by atoms with E-state index in [9.17, 15) is 36.4 Å². The SMILES string of the molecule is C[C@H](N(Cc1ccc(F)cc1)C(=O)CN1C(=O)CN(F)C1=O)C(F)(F)F. The molecule has 0 radical (unpaired) electrons. The summed E-state index contributed by atoms with van der Waals surface area (Å²) in [5.74, 6) is -2.84.